The normalized spacial score (nSPS) is 22.6. The van der Waals surface area contributed by atoms with Crippen molar-refractivity contribution in [2.45, 2.75) is 37.4 Å². The van der Waals surface area contributed by atoms with Gasteiger partial charge in [-0.1, -0.05) is 0 Å². The molecule has 1 fully saturated rings. The van der Waals surface area contributed by atoms with Crippen LogP contribution in [0.5, 0.6) is 0 Å². The predicted octanol–water partition coefficient (Wildman–Crippen LogP) is -5.74. The molecule has 0 spiro atoms. The molecule has 11 N–H and O–H groups in total. The quantitative estimate of drug-likeness (QED) is 0.0626. The van der Waals surface area contributed by atoms with Crippen LogP contribution >= 0.6 is 12.6 Å². The largest absolute Gasteiger partial charge is 0.481 e. The van der Waals surface area contributed by atoms with Crippen molar-refractivity contribution in [3.63, 3.8) is 0 Å². The molecule has 0 bridgehead atoms. The lowest BCUT2D eigenvalue weighted by atomic mass is 10.1. The zero-order chi connectivity index (χ0) is 28.0. The fourth-order valence-corrected chi connectivity index (χ4v) is 3.22. The molecule has 0 aromatic carbocycles. The second-order valence-electron chi connectivity index (χ2n) is 7.74. The van der Waals surface area contributed by atoms with Crippen LogP contribution in [0.3, 0.4) is 0 Å². The molecule has 0 aromatic heterocycles. The van der Waals surface area contributed by atoms with Crippen molar-refractivity contribution in [1.29, 1.82) is 0 Å². The van der Waals surface area contributed by atoms with Crippen LogP contribution in [0.4, 0.5) is 0 Å². The van der Waals surface area contributed by atoms with Crippen LogP contribution in [0.15, 0.2) is 4.99 Å². The highest BCUT2D eigenvalue weighted by molar-refractivity contribution is 7.80. The number of carbonyl (C=O) groups is 7. The van der Waals surface area contributed by atoms with Crippen LogP contribution in [-0.2, 0) is 33.6 Å². The zero-order valence-electron chi connectivity index (χ0n) is 19.7. The van der Waals surface area contributed by atoms with E-state index in [-0.39, 0.29) is 31.1 Å². The molecule has 0 aliphatic carbocycles. The first-order valence-corrected chi connectivity index (χ1v) is 11.7. The Hall–Kier alpha value is -4.09. The smallest absolute Gasteiger partial charge is 0.305 e. The predicted molar refractivity (Wildman–Crippen MR) is 131 cm³/mol. The van der Waals surface area contributed by atoms with Gasteiger partial charge < -0.3 is 48.5 Å². The molecule has 3 atom stereocenters. The molecule has 206 valence electrons. The fourth-order valence-electron chi connectivity index (χ4n) is 2.96. The summed E-state index contributed by atoms with van der Waals surface area (Å²) in [4.78, 5) is 89.1. The van der Waals surface area contributed by atoms with Crippen LogP contribution in [0, 0.1) is 0 Å². The minimum absolute atomic E-state index is 0.0588. The number of aliphatic carboxylic acids is 1. The lowest BCUT2D eigenvalue weighted by Gasteiger charge is -2.21. The Kier molecular flexibility index (Phi) is 13.2. The first-order chi connectivity index (χ1) is 17.4. The SMILES string of the molecule is NC(N)=NCCC[C@@H]1NC(=O)CNC(=O)[C@H](CC(=O)O)NC(=O)CNC(=O)[C@H](CS)NC(=O)CNC1=O. The number of rotatable bonds is 7. The average molecular weight is 546 g/mol. The number of amides is 6. The van der Waals surface area contributed by atoms with E-state index >= 15 is 0 Å². The molecule has 1 rings (SSSR count). The molecular weight excluding hydrogens is 514 g/mol. The van der Waals surface area contributed by atoms with E-state index in [1.807, 2.05) is 0 Å². The van der Waals surface area contributed by atoms with Gasteiger partial charge in [-0.25, -0.2) is 0 Å². The van der Waals surface area contributed by atoms with Gasteiger partial charge in [-0.15, -0.1) is 0 Å². The molecule has 18 heteroatoms. The highest BCUT2D eigenvalue weighted by Crippen LogP contribution is 2.00. The summed E-state index contributed by atoms with van der Waals surface area (Å²) in [5.41, 5.74) is 10.5. The molecule has 1 heterocycles. The molecule has 37 heavy (non-hydrogen) atoms. The van der Waals surface area contributed by atoms with Crippen molar-refractivity contribution in [3.8, 4) is 0 Å². The van der Waals surface area contributed by atoms with E-state index in [1.165, 1.54) is 0 Å². The first kappa shape index (κ1) is 30.9. The van der Waals surface area contributed by atoms with Crippen LogP contribution in [0.2, 0.25) is 0 Å². The molecule has 1 saturated heterocycles. The number of carbonyl (C=O) groups excluding carboxylic acids is 6. The maximum Gasteiger partial charge on any atom is 0.305 e. The fraction of sp³-hybridized carbons (Fsp3) is 0.579. The van der Waals surface area contributed by atoms with Crippen molar-refractivity contribution in [2.75, 3.05) is 31.9 Å². The number of guanidine groups is 1. The second kappa shape index (κ2) is 15.8. The Bertz CT molecular complexity index is 925. The second-order valence-corrected chi connectivity index (χ2v) is 8.11. The Labute approximate surface area is 216 Å². The van der Waals surface area contributed by atoms with Gasteiger partial charge in [0.15, 0.2) is 5.96 Å². The zero-order valence-corrected chi connectivity index (χ0v) is 20.6. The number of hydrogen-bond donors (Lipinski definition) is 10. The molecule has 0 aromatic rings. The molecule has 0 unspecified atom stereocenters. The van der Waals surface area contributed by atoms with Crippen molar-refractivity contribution >= 4 is 60.0 Å². The molecular formula is C19H31N9O8S. The molecule has 1 aliphatic rings. The number of hydrogen-bond acceptors (Lipinski definition) is 9. The van der Waals surface area contributed by atoms with Gasteiger partial charge in [0, 0.05) is 12.3 Å². The highest BCUT2D eigenvalue weighted by Gasteiger charge is 2.27. The van der Waals surface area contributed by atoms with Crippen molar-refractivity contribution in [2.24, 2.45) is 16.5 Å². The summed E-state index contributed by atoms with van der Waals surface area (Å²) in [6.45, 7) is -1.68. The molecule has 0 radical (unpaired) electrons. The molecule has 1 aliphatic heterocycles. The van der Waals surface area contributed by atoms with Gasteiger partial charge in [0.25, 0.3) is 0 Å². The third-order valence-electron chi connectivity index (χ3n) is 4.73. The number of aliphatic imine (C=N–C) groups is 1. The maximum atomic E-state index is 12.6. The van der Waals surface area contributed by atoms with Crippen molar-refractivity contribution < 1.29 is 38.7 Å². The number of carboxylic acids is 1. The van der Waals surface area contributed by atoms with Gasteiger partial charge in [-0.05, 0) is 12.8 Å². The van der Waals surface area contributed by atoms with Gasteiger partial charge in [0.1, 0.15) is 18.1 Å². The summed E-state index contributed by atoms with van der Waals surface area (Å²) in [6, 6.07) is -3.89. The minimum atomic E-state index is -1.56. The van der Waals surface area contributed by atoms with Gasteiger partial charge in [-0.2, -0.15) is 12.6 Å². The average Bonchev–Trinajstić information content (AvgIpc) is 2.83. The van der Waals surface area contributed by atoms with E-state index in [4.69, 9.17) is 16.6 Å². The van der Waals surface area contributed by atoms with Gasteiger partial charge >= 0.3 is 5.97 Å². The van der Waals surface area contributed by atoms with Crippen molar-refractivity contribution in [1.82, 2.24) is 31.9 Å². The summed E-state index contributed by atoms with van der Waals surface area (Å²) in [5.74, 6) is -6.66. The summed E-state index contributed by atoms with van der Waals surface area (Å²) in [5, 5.41) is 22.7. The number of nitrogens with zero attached hydrogens (tertiary/aromatic N) is 1. The minimum Gasteiger partial charge on any atom is -0.481 e. The van der Waals surface area contributed by atoms with E-state index in [1.54, 1.807) is 0 Å². The number of carboxylic acid groups (broad SMARTS) is 1. The standard InChI is InChI=1S/C19H31N9O8S/c20-19(21)22-3-1-2-9-16(34)23-7-14(31)28-11(8-37)18(36)25-6-13(30)27-10(4-15(32)33)17(35)24-5-12(29)26-9/h9-11,37H,1-8H2,(H,23,34)(H,24,35)(H,25,36)(H,26,29)(H,27,30)(H,28,31)(H,32,33)(H4,20,21,22)/t9-,10-,11-/m0/s1. The third-order valence-corrected chi connectivity index (χ3v) is 5.10. The lowest BCUT2D eigenvalue weighted by Crippen LogP contribution is -2.56. The van der Waals surface area contributed by atoms with E-state index in [0.29, 0.717) is 0 Å². The Morgan fingerprint density at radius 3 is 1.70 bits per heavy atom. The van der Waals surface area contributed by atoms with E-state index in [0.717, 1.165) is 0 Å². The summed E-state index contributed by atoms with van der Waals surface area (Å²) >= 11 is 3.99. The maximum absolute atomic E-state index is 12.6. The van der Waals surface area contributed by atoms with Gasteiger partial charge in [-0.3, -0.25) is 38.6 Å². The van der Waals surface area contributed by atoms with Gasteiger partial charge in [0.05, 0.1) is 26.1 Å². The Morgan fingerprint density at radius 2 is 1.24 bits per heavy atom. The molecule has 0 saturated carbocycles. The Balaban J connectivity index is 3.08. The topological polar surface area (TPSA) is 276 Å². The lowest BCUT2D eigenvalue weighted by molar-refractivity contribution is -0.141. The van der Waals surface area contributed by atoms with Crippen LogP contribution < -0.4 is 43.4 Å². The van der Waals surface area contributed by atoms with E-state index in [9.17, 15) is 33.6 Å². The molecule has 17 nitrogen and oxygen atoms in total. The third kappa shape index (κ3) is 12.4. The van der Waals surface area contributed by atoms with Gasteiger partial charge in [0.2, 0.25) is 35.4 Å². The van der Waals surface area contributed by atoms with Crippen LogP contribution in [-0.4, -0.2) is 103 Å². The monoisotopic (exact) mass is 545 g/mol. The number of nitrogens with one attached hydrogen (secondary N) is 6. The first-order valence-electron chi connectivity index (χ1n) is 11.0. The van der Waals surface area contributed by atoms with Crippen LogP contribution in [0.25, 0.3) is 0 Å². The Morgan fingerprint density at radius 1 is 0.811 bits per heavy atom. The summed E-state index contributed by atoms with van der Waals surface area (Å²) < 4.78 is 0. The number of thiol groups is 1. The molecule has 6 amide bonds. The highest BCUT2D eigenvalue weighted by atomic mass is 32.1. The van der Waals surface area contributed by atoms with Crippen molar-refractivity contribution in [3.05, 3.63) is 0 Å². The summed E-state index contributed by atoms with van der Waals surface area (Å²) in [6.07, 6.45) is -0.481. The number of nitrogens with two attached hydrogens (primary N) is 2. The van der Waals surface area contributed by atoms with E-state index < -0.39 is 85.6 Å². The summed E-state index contributed by atoms with van der Waals surface area (Å²) in [7, 11) is 0. The van der Waals surface area contributed by atoms with E-state index in [2.05, 4.69) is 49.5 Å². The van der Waals surface area contributed by atoms with Crippen LogP contribution in [0.1, 0.15) is 19.3 Å².